The number of hydrogen-bond acceptors (Lipinski definition) is 2. The molecule has 5 heteroatoms. The van der Waals surface area contributed by atoms with E-state index in [-0.39, 0.29) is 12.1 Å². The average molecular weight is 455 g/mol. The molecule has 28 heavy (non-hydrogen) atoms. The van der Waals surface area contributed by atoms with Gasteiger partial charge < -0.3 is 10.2 Å². The van der Waals surface area contributed by atoms with E-state index in [9.17, 15) is 4.79 Å². The molecule has 144 valence electrons. The molecule has 3 nitrogen and oxygen atoms in total. The van der Waals surface area contributed by atoms with Crippen molar-refractivity contribution in [2.24, 2.45) is 0 Å². The lowest BCUT2D eigenvalue weighted by atomic mass is 9.92. The minimum atomic E-state index is -0.0501. The number of benzene rings is 2. The van der Waals surface area contributed by atoms with E-state index < -0.39 is 0 Å². The fourth-order valence-electron chi connectivity index (χ4n) is 4.02. The van der Waals surface area contributed by atoms with Gasteiger partial charge in [0, 0.05) is 26.5 Å². The molecule has 0 aliphatic carbocycles. The molecule has 3 aromatic rings. The van der Waals surface area contributed by atoms with E-state index in [0.29, 0.717) is 0 Å². The van der Waals surface area contributed by atoms with Crippen LogP contribution in [0.15, 0.2) is 59.1 Å². The molecular formula is C23H23BrN2OS. The molecule has 4 rings (SSSR count). The summed E-state index contributed by atoms with van der Waals surface area (Å²) in [6, 6.07) is 18.0. The number of carbonyl (C=O) groups is 1. The minimum absolute atomic E-state index is 0.0376. The largest absolute Gasteiger partial charge is 0.322 e. The van der Waals surface area contributed by atoms with E-state index in [1.54, 1.807) is 0 Å². The van der Waals surface area contributed by atoms with Gasteiger partial charge in [-0.1, -0.05) is 53.2 Å². The molecule has 1 aliphatic heterocycles. The van der Waals surface area contributed by atoms with Gasteiger partial charge in [-0.05, 0) is 60.7 Å². The van der Waals surface area contributed by atoms with Crippen LogP contribution in [0, 0.1) is 6.92 Å². The van der Waals surface area contributed by atoms with Crippen molar-refractivity contribution in [3.8, 4) is 0 Å². The van der Waals surface area contributed by atoms with Crippen molar-refractivity contribution < 1.29 is 4.79 Å². The molecular weight excluding hydrogens is 432 g/mol. The number of anilines is 1. The number of fused-ring (bicyclic) bond motifs is 1. The predicted octanol–water partition coefficient (Wildman–Crippen LogP) is 6.56. The Morgan fingerprint density at radius 3 is 2.57 bits per heavy atom. The monoisotopic (exact) mass is 454 g/mol. The standard InChI is InChI=1S/C23H23BrN2OS/c1-3-19-15(2)28-22-20(19)13-14-26(21(22)16-7-5-4-6-8-16)23(27)25-18-11-9-17(24)10-12-18/h4-12,21H,3,13-14H2,1-2H3,(H,25,27). The molecule has 1 aliphatic rings. The SMILES string of the molecule is CCc1c(C)sc2c1CCN(C(=O)Nc1ccc(Br)cc1)C2c1ccccc1. The van der Waals surface area contributed by atoms with Gasteiger partial charge in [-0.15, -0.1) is 11.3 Å². The van der Waals surface area contributed by atoms with Crippen molar-refractivity contribution >= 4 is 39.0 Å². The highest BCUT2D eigenvalue weighted by atomic mass is 79.9. The zero-order chi connectivity index (χ0) is 19.7. The highest BCUT2D eigenvalue weighted by Crippen LogP contribution is 2.42. The maximum atomic E-state index is 13.2. The summed E-state index contributed by atoms with van der Waals surface area (Å²) in [6.45, 7) is 5.15. The fraction of sp³-hybridized carbons (Fsp3) is 0.261. The highest BCUT2D eigenvalue weighted by molar-refractivity contribution is 9.10. The van der Waals surface area contributed by atoms with Crippen LogP contribution < -0.4 is 5.32 Å². The smallest absolute Gasteiger partial charge is 0.312 e. The number of nitrogens with zero attached hydrogens (tertiary/aromatic N) is 1. The van der Waals surface area contributed by atoms with Crippen LogP contribution in [0.25, 0.3) is 0 Å². The maximum absolute atomic E-state index is 13.2. The van der Waals surface area contributed by atoms with E-state index >= 15 is 0 Å². The van der Waals surface area contributed by atoms with Crippen LogP contribution in [-0.2, 0) is 12.8 Å². The fourth-order valence-corrected chi connectivity index (χ4v) is 5.73. The van der Waals surface area contributed by atoms with Crippen LogP contribution in [-0.4, -0.2) is 17.5 Å². The molecule has 1 unspecified atom stereocenters. The van der Waals surface area contributed by atoms with E-state index in [1.807, 2.05) is 46.6 Å². The van der Waals surface area contributed by atoms with Crippen molar-refractivity contribution in [3.63, 3.8) is 0 Å². The number of halogens is 1. The quantitative estimate of drug-likeness (QED) is 0.477. The third kappa shape index (κ3) is 3.61. The van der Waals surface area contributed by atoms with Gasteiger partial charge in [-0.2, -0.15) is 0 Å². The van der Waals surface area contributed by atoms with Gasteiger partial charge in [-0.3, -0.25) is 0 Å². The molecule has 0 spiro atoms. The lowest BCUT2D eigenvalue weighted by molar-refractivity contribution is 0.195. The van der Waals surface area contributed by atoms with Crippen molar-refractivity contribution in [2.45, 2.75) is 32.7 Å². The Bertz CT molecular complexity index is 982. The van der Waals surface area contributed by atoms with Gasteiger partial charge in [0.25, 0.3) is 0 Å². The lowest BCUT2D eigenvalue weighted by Crippen LogP contribution is -2.42. The van der Waals surface area contributed by atoms with Gasteiger partial charge in [0.1, 0.15) is 0 Å². The summed E-state index contributed by atoms with van der Waals surface area (Å²) in [4.78, 5) is 17.9. The number of carbonyl (C=O) groups excluding carboxylic acids is 1. The Morgan fingerprint density at radius 1 is 1.18 bits per heavy atom. The first-order valence-corrected chi connectivity index (χ1v) is 11.2. The number of nitrogens with one attached hydrogen (secondary N) is 1. The molecule has 0 fully saturated rings. The van der Waals surface area contributed by atoms with Gasteiger partial charge in [-0.25, -0.2) is 4.79 Å². The van der Waals surface area contributed by atoms with Gasteiger partial charge >= 0.3 is 6.03 Å². The summed E-state index contributed by atoms with van der Waals surface area (Å²) in [5.41, 5.74) is 4.89. The van der Waals surface area contributed by atoms with Crippen molar-refractivity contribution in [3.05, 3.63) is 85.5 Å². The summed E-state index contributed by atoms with van der Waals surface area (Å²) in [5, 5.41) is 3.08. The summed E-state index contributed by atoms with van der Waals surface area (Å²) >= 11 is 5.29. The number of thiophene rings is 1. The molecule has 0 radical (unpaired) electrons. The average Bonchev–Trinajstić information content (AvgIpc) is 3.04. The molecule has 1 N–H and O–H groups in total. The van der Waals surface area contributed by atoms with Crippen LogP contribution in [0.4, 0.5) is 10.5 Å². The molecule has 2 aromatic carbocycles. The molecule has 1 atom stereocenters. The Hall–Kier alpha value is -2.11. The number of urea groups is 1. The van der Waals surface area contributed by atoms with Crippen LogP contribution >= 0.6 is 27.3 Å². The number of aryl methyl sites for hydroxylation is 1. The summed E-state index contributed by atoms with van der Waals surface area (Å²) in [6.07, 6.45) is 1.96. The van der Waals surface area contributed by atoms with Crippen LogP contribution in [0.3, 0.4) is 0 Å². The van der Waals surface area contributed by atoms with Gasteiger partial charge in [0.15, 0.2) is 0 Å². The highest BCUT2D eigenvalue weighted by Gasteiger charge is 2.35. The van der Waals surface area contributed by atoms with E-state index in [1.165, 1.54) is 26.4 Å². The molecule has 0 saturated heterocycles. The van der Waals surface area contributed by atoms with Gasteiger partial charge in [0.2, 0.25) is 0 Å². The Kier molecular flexibility index (Phi) is 5.56. The normalized spacial score (nSPS) is 16.0. The first kappa shape index (κ1) is 19.2. The third-order valence-electron chi connectivity index (χ3n) is 5.34. The zero-order valence-electron chi connectivity index (χ0n) is 16.0. The Morgan fingerprint density at radius 2 is 1.89 bits per heavy atom. The minimum Gasteiger partial charge on any atom is -0.312 e. The second kappa shape index (κ2) is 8.10. The first-order valence-electron chi connectivity index (χ1n) is 9.57. The predicted molar refractivity (Wildman–Crippen MR) is 120 cm³/mol. The van der Waals surface area contributed by atoms with E-state index in [4.69, 9.17) is 0 Å². The summed E-state index contributed by atoms with van der Waals surface area (Å²) in [5.74, 6) is 0. The Labute approximate surface area is 178 Å². The Balaban J connectivity index is 1.71. The van der Waals surface area contributed by atoms with Gasteiger partial charge in [0.05, 0.1) is 6.04 Å². The third-order valence-corrected chi connectivity index (χ3v) is 7.11. The van der Waals surface area contributed by atoms with Crippen LogP contribution in [0.2, 0.25) is 0 Å². The lowest BCUT2D eigenvalue weighted by Gasteiger charge is -2.36. The van der Waals surface area contributed by atoms with Crippen molar-refractivity contribution in [1.82, 2.24) is 4.90 Å². The van der Waals surface area contributed by atoms with Crippen molar-refractivity contribution in [2.75, 3.05) is 11.9 Å². The van der Waals surface area contributed by atoms with Crippen LogP contribution in [0.5, 0.6) is 0 Å². The second-order valence-corrected chi connectivity index (χ2v) is 9.20. The molecule has 1 aromatic heterocycles. The number of hydrogen-bond donors (Lipinski definition) is 1. The molecule has 2 amide bonds. The van der Waals surface area contributed by atoms with Crippen LogP contribution in [0.1, 0.15) is 39.4 Å². The maximum Gasteiger partial charge on any atom is 0.322 e. The van der Waals surface area contributed by atoms with E-state index in [2.05, 4.69) is 59.4 Å². The number of amides is 2. The molecule has 2 heterocycles. The molecule has 0 saturated carbocycles. The van der Waals surface area contributed by atoms with Crippen molar-refractivity contribution in [1.29, 1.82) is 0 Å². The molecule has 0 bridgehead atoms. The van der Waals surface area contributed by atoms with E-state index in [0.717, 1.165) is 29.5 Å². The first-order chi connectivity index (χ1) is 13.6. The number of rotatable bonds is 3. The topological polar surface area (TPSA) is 32.3 Å². The summed E-state index contributed by atoms with van der Waals surface area (Å²) < 4.78 is 0.997. The summed E-state index contributed by atoms with van der Waals surface area (Å²) in [7, 11) is 0. The second-order valence-electron chi connectivity index (χ2n) is 7.03. The zero-order valence-corrected chi connectivity index (χ0v) is 18.4.